The zero-order chi connectivity index (χ0) is 15.1. The molecular weight excluding hydrogens is 270 g/mol. The molecule has 2 rings (SSSR count). The minimum atomic E-state index is -0.0494. The fourth-order valence-electron chi connectivity index (χ4n) is 1.84. The van der Waals surface area contributed by atoms with Crippen molar-refractivity contribution >= 4 is 11.7 Å². The highest BCUT2D eigenvalue weighted by Gasteiger charge is 2.04. The summed E-state index contributed by atoms with van der Waals surface area (Å²) in [6.07, 6.45) is 5.54. The zero-order valence-electron chi connectivity index (χ0n) is 11.4. The molecule has 0 fully saturated rings. The van der Waals surface area contributed by atoms with Crippen LogP contribution in [0.15, 0.2) is 48.1 Å². The van der Waals surface area contributed by atoms with Crippen molar-refractivity contribution in [1.29, 1.82) is 0 Å². The first kappa shape index (κ1) is 14.6. The Hall–Kier alpha value is -2.83. The third-order valence-corrected chi connectivity index (χ3v) is 2.97. The number of carbonyl (C=O) groups excluding carboxylic acids is 1. The maximum atomic E-state index is 11.8. The van der Waals surface area contributed by atoms with Crippen LogP contribution in [0, 0.1) is 0 Å². The molecule has 0 atom stereocenters. The Balaban J connectivity index is 1.79. The molecular formula is C14H17N5O2. The van der Waals surface area contributed by atoms with Crippen LogP contribution in [0.5, 0.6) is 0 Å². The lowest BCUT2D eigenvalue weighted by atomic mass is 10.1. The van der Waals surface area contributed by atoms with Gasteiger partial charge in [0.15, 0.2) is 5.84 Å². The molecule has 1 amide bonds. The van der Waals surface area contributed by atoms with E-state index in [4.69, 9.17) is 10.9 Å². The number of hydrogen-bond acceptors (Lipinski definition) is 4. The van der Waals surface area contributed by atoms with E-state index in [0.29, 0.717) is 25.1 Å². The van der Waals surface area contributed by atoms with Gasteiger partial charge in [0.25, 0.3) is 0 Å². The van der Waals surface area contributed by atoms with Crippen LogP contribution in [0.4, 0.5) is 0 Å². The fraction of sp³-hybridized carbons (Fsp3) is 0.214. The molecule has 4 N–H and O–H groups in total. The van der Waals surface area contributed by atoms with E-state index >= 15 is 0 Å². The Kier molecular flexibility index (Phi) is 4.92. The number of amides is 1. The van der Waals surface area contributed by atoms with Crippen LogP contribution < -0.4 is 11.1 Å². The van der Waals surface area contributed by atoms with Gasteiger partial charge < -0.3 is 20.8 Å². The lowest BCUT2D eigenvalue weighted by Gasteiger charge is -2.06. The topological polar surface area (TPSA) is 106 Å². The van der Waals surface area contributed by atoms with Crippen LogP contribution in [-0.2, 0) is 17.8 Å². The summed E-state index contributed by atoms with van der Waals surface area (Å²) < 4.78 is 1.89. The van der Waals surface area contributed by atoms with Crippen LogP contribution in [0.25, 0.3) is 0 Å². The second-order valence-electron chi connectivity index (χ2n) is 4.51. The van der Waals surface area contributed by atoms with Crippen molar-refractivity contribution in [3.8, 4) is 0 Å². The van der Waals surface area contributed by atoms with Gasteiger partial charge in [-0.1, -0.05) is 29.4 Å². The predicted octanol–water partition coefficient (Wildman–Crippen LogP) is 0.337. The van der Waals surface area contributed by atoms with E-state index in [-0.39, 0.29) is 11.7 Å². The lowest BCUT2D eigenvalue weighted by Crippen LogP contribution is -2.28. The second kappa shape index (κ2) is 7.09. The number of nitrogens with two attached hydrogens (primary N) is 1. The van der Waals surface area contributed by atoms with E-state index in [1.165, 1.54) is 0 Å². The van der Waals surface area contributed by atoms with E-state index < -0.39 is 0 Å². The van der Waals surface area contributed by atoms with Crippen LogP contribution in [0.3, 0.4) is 0 Å². The normalized spacial score (nSPS) is 11.3. The Morgan fingerprint density at radius 1 is 1.38 bits per heavy atom. The summed E-state index contributed by atoms with van der Waals surface area (Å²) in [5.41, 5.74) is 6.95. The first-order chi connectivity index (χ1) is 10.2. The molecule has 0 aliphatic carbocycles. The zero-order valence-corrected chi connectivity index (χ0v) is 11.4. The summed E-state index contributed by atoms with van der Waals surface area (Å²) in [6, 6.07) is 6.98. The van der Waals surface area contributed by atoms with Gasteiger partial charge in [0, 0.05) is 31.0 Å². The predicted molar refractivity (Wildman–Crippen MR) is 77.9 cm³/mol. The maximum absolute atomic E-state index is 11.8. The van der Waals surface area contributed by atoms with Crippen molar-refractivity contribution < 1.29 is 10.0 Å². The van der Waals surface area contributed by atoms with Crippen molar-refractivity contribution in [1.82, 2.24) is 14.9 Å². The smallest absolute Gasteiger partial charge is 0.224 e. The molecule has 1 heterocycles. The highest BCUT2D eigenvalue weighted by atomic mass is 16.4. The molecule has 0 radical (unpaired) electrons. The quantitative estimate of drug-likeness (QED) is 0.308. The number of carbonyl (C=O) groups is 1. The highest BCUT2D eigenvalue weighted by Crippen LogP contribution is 2.05. The molecule has 0 bridgehead atoms. The molecule has 0 spiro atoms. The molecule has 110 valence electrons. The van der Waals surface area contributed by atoms with Gasteiger partial charge in [0.1, 0.15) is 0 Å². The Bertz CT molecular complexity index is 605. The molecule has 7 heteroatoms. The molecule has 0 unspecified atom stereocenters. The monoisotopic (exact) mass is 287 g/mol. The first-order valence-electron chi connectivity index (χ1n) is 6.48. The molecule has 1 aromatic carbocycles. The van der Waals surface area contributed by atoms with Gasteiger partial charge in [0.05, 0.1) is 12.7 Å². The van der Waals surface area contributed by atoms with E-state index in [0.717, 1.165) is 5.56 Å². The number of imidazole rings is 1. The summed E-state index contributed by atoms with van der Waals surface area (Å²) in [4.78, 5) is 15.7. The van der Waals surface area contributed by atoms with E-state index in [2.05, 4.69) is 15.5 Å². The Morgan fingerprint density at radius 3 is 2.76 bits per heavy atom. The van der Waals surface area contributed by atoms with Crippen LogP contribution >= 0.6 is 0 Å². The van der Waals surface area contributed by atoms with Crippen molar-refractivity contribution in [2.45, 2.75) is 13.0 Å². The van der Waals surface area contributed by atoms with E-state index in [9.17, 15) is 4.79 Å². The number of nitrogens with one attached hydrogen (secondary N) is 1. The minimum absolute atomic E-state index is 0.0475. The van der Waals surface area contributed by atoms with Gasteiger partial charge in [-0.3, -0.25) is 4.79 Å². The van der Waals surface area contributed by atoms with Crippen molar-refractivity contribution in [3.63, 3.8) is 0 Å². The number of hydrogen-bond donors (Lipinski definition) is 3. The van der Waals surface area contributed by atoms with Gasteiger partial charge in [-0.05, 0) is 5.56 Å². The number of rotatable bonds is 6. The van der Waals surface area contributed by atoms with Gasteiger partial charge in [-0.15, -0.1) is 0 Å². The molecule has 7 nitrogen and oxygen atoms in total. The largest absolute Gasteiger partial charge is 0.409 e. The summed E-state index contributed by atoms with van der Waals surface area (Å²) >= 11 is 0. The van der Waals surface area contributed by atoms with Gasteiger partial charge >= 0.3 is 0 Å². The molecule has 0 saturated heterocycles. The highest BCUT2D eigenvalue weighted by molar-refractivity contribution is 5.97. The van der Waals surface area contributed by atoms with Gasteiger partial charge in [-0.25, -0.2) is 4.98 Å². The van der Waals surface area contributed by atoms with E-state index in [1.54, 1.807) is 36.8 Å². The second-order valence-corrected chi connectivity index (χ2v) is 4.51. The molecule has 0 aliphatic rings. The molecule has 1 aromatic heterocycles. The summed E-state index contributed by atoms with van der Waals surface area (Å²) in [7, 11) is 0. The fourth-order valence-corrected chi connectivity index (χ4v) is 1.84. The number of benzene rings is 1. The van der Waals surface area contributed by atoms with Gasteiger partial charge in [-0.2, -0.15) is 0 Å². The van der Waals surface area contributed by atoms with E-state index in [1.807, 2.05) is 10.8 Å². The summed E-state index contributed by atoms with van der Waals surface area (Å²) in [5.74, 6) is -0.00186. The molecule has 21 heavy (non-hydrogen) atoms. The average Bonchev–Trinajstić information content (AvgIpc) is 3.00. The van der Waals surface area contributed by atoms with Crippen LogP contribution in [0.1, 0.15) is 11.1 Å². The maximum Gasteiger partial charge on any atom is 0.224 e. The molecule has 0 saturated carbocycles. The summed E-state index contributed by atoms with van der Waals surface area (Å²) in [6.45, 7) is 1.24. The number of amidine groups is 1. The van der Waals surface area contributed by atoms with Crippen LogP contribution in [-0.4, -0.2) is 33.0 Å². The molecule has 2 aromatic rings. The van der Waals surface area contributed by atoms with Crippen molar-refractivity contribution in [2.24, 2.45) is 10.9 Å². The Labute approximate surface area is 122 Å². The standard InChI is InChI=1S/C14H17N5O2/c15-14(18-21)12-3-1-11(2-4-12)9-13(20)17-6-8-19-7-5-16-10-19/h1-5,7,10,21H,6,8-9H2,(H2,15,18)(H,17,20). The average molecular weight is 287 g/mol. The number of aromatic nitrogens is 2. The first-order valence-corrected chi connectivity index (χ1v) is 6.48. The van der Waals surface area contributed by atoms with Crippen molar-refractivity contribution in [2.75, 3.05) is 6.54 Å². The van der Waals surface area contributed by atoms with Crippen LogP contribution in [0.2, 0.25) is 0 Å². The number of nitrogens with zero attached hydrogens (tertiary/aromatic N) is 3. The SMILES string of the molecule is NC(=NO)c1ccc(CC(=O)NCCn2ccnc2)cc1. The summed E-state index contributed by atoms with van der Waals surface area (Å²) in [5, 5.41) is 14.3. The van der Waals surface area contributed by atoms with Gasteiger partial charge in [0.2, 0.25) is 5.91 Å². The minimum Gasteiger partial charge on any atom is -0.409 e. The third kappa shape index (κ3) is 4.34. The number of oxime groups is 1. The molecule has 0 aliphatic heterocycles. The lowest BCUT2D eigenvalue weighted by molar-refractivity contribution is -0.120. The Morgan fingerprint density at radius 2 is 2.14 bits per heavy atom. The third-order valence-electron chi connectivity index (χ3n) is 2.97. The van der Waals surface area contributed by atoms with Crippen molar-refractivity contribution in [3.05, 3.63) is 54.1 Å².